The van der Waals surface area contributed by atoms with Crippen LogP contribution >= 0.6 is 0 Å². The number of hydrogen-bond acceptors (Lipinski definition) is 4. The lowest BCUT2D eigenvalue weighted by Gasteiger charge is -2.29. The van der Waals surface area contributed by atoms with Crippen molar-refractivity contribution in [3.63, 3.8) is 0 Å². The Labute approximate surface area is 165 Å². The number of anilines is 1. The van der Waals surface area contributed by atoms with E-state index in [1.165, 1.54) is 20.3 Å². The van der Waals surface area contributed by atoms with Gasteiger partial charge in [0.2, 0.25) is 0 Å². The van der Waals surface area contributed by atoms with E-state index in [2.05, 4.69) is 16.0 Å². The number of carbonyl (C=O) groups is 2. The molecule has 0 fully saturated rings. The van der Waals surface area contributed by atoms with Crippen LogP contribution in [0.4, 0.5) is 19.3 Å². The van der Waals surface area contributed by atoms with Crippen LogP contribution in [0.2, 0.25) is 0 Å². The van der Waals surface area contributed by atoms with E-state index in [9.17, 15) is 18.4 Å². The van der Waals surface area contributed by atoms with Crippen LogP contribution in [0.15, 0.2) is 47.7 Å². The summed E-state index contributed by atoms with van der Waals surface area (Å²) in [5, 5.41) is 7.76. The molecule has 0 unspecified atom stereocenters. The lowest BCUT2D eigenvalue weighted by Crippen LogP contribution is -2.46. The molecule has 29 heavy (non-hydrogen) atoms. The zero-order valence-electron chi connectivity index (χ0n) is 15.9. The quantitative estimate of drug-likeness (QED) is 0.715. The molecule has 1 aliphatic rings. The number of hydrogen-bond donors (Lipinski definition) is 3. The molecule has 152 valence electrons. The summed E-state index contributed by atoms with van der Waals surface area (Å²) in [6.45, 7) is 1.57. The largest absolute Gasteiger partial charge is 0.497 e. The Morgan fingerprint density at radius 3 is 2.48 bits per heavy atom. The van der Waals surface area contributed by atoms with Gasteiger partial charge in [0.1, 0.15) is 11.5 Å². The maximum absolute atomic E-state index is 13.5. The number of nitrogens with one attached hydrogen (secondary N) is 3. The van der Waals surface area contributed by atoms with E-state index in [1.807, 2.05) is 0 Å². The minimum Gasteiger partial charge on any atom is -0.497 e. The van der Waals surface area contributed by atoms with Crippen molar-refractivity contribution in [3.05, 3.63) is 64.9 Å². The third-order valence-electron chi connectivity index (χ3n) is 4.44. The SMILES string of the molecule is COc1ccc(OC)c([C@H]2NC(=O)NC(C)=C2C(=O)Nc2ccc(F)c(F)c2)c1. The number of amides is 3. The fourth-order valence-corrected chi connectivity index (χ4v) is 3.07. The minimum absolute atomic E-state index is 0.0717. The highest BCUT2D eigenvalue weighted by Gasteiger charge is 2.33. The first kappa shape index (κ1) is 20.1. The van der Waals surface area contributed by atoms with E-state index in [0.29, 0.717) is 22.8 Å². The summed E-state index contributed by atoms with van der Waals surface area (Å²) in [4.78, 5) is 25.0. The smallest absolute Gasteiger partial charge is 0.319 e. The van der Waals surface area contributed by atoms with Crippen molar-refractivity contribution < 1.29 is 27.8 Å². The molecule has 1 aliphatic heterocycles. The molecule has 0 saturated heterocycles. The third kappa shape index (κ3) is 4.13. The molecule has 1 heterocycles. The number of carbonyl (C=O) groups excluding carboxylic acids is 2. The molecule has 3 amide bonds. The molecule has 2 aromatic rings. The molecule has 3 N–H and O–H groups in total. The Morgan fingerprint density at radius 2 is 1.83 bits per heavy atom. The van der Waals surface area contributed by atoms with Crippen molar-refractivity contribution in [1.82, 2.24) is 10.6 Å². The normalized spacial score (nSPS) is 16.0. The van der Waals surface area contributed by atoms with Crippen molar-refractivity contribution in [2.75, 3.05) is 19.5 Å². The third-order valence-corrected chi connectivity index (χ3v) is 4.44. The maximum atomic E-state index is 13.5. The van der Waals surface area contributed by atoms with Crippen LogP contribution in [0.3, 0.4) is 0 Å². The molecular formula is C20H19F2N3O4. The molecule has 0 saturated carbocycles. The average Bonchev–Trinajstić information content (AvgIpc) is 2.69. The second-order valence-electron chi connectivity index (χ2n) is 6.26. The number of ether oxygens (including phenoxy) is 2. The van der Waals surface area contributed by atoms with E-state index in [-0.39, 0.29) is 11.3 Å². The van der Waals surface area contributed by atoms with Crippen LogP contribution in [0.5, 0.6) is 11.5 Å². The molecule has 0 radical (unpaired) electrons. The zero-order chi connectivity index (χ0) is 21.1. The van der Waals surface area contributed by atoms with Gasteiger partial charge in [-0.05, 0) is 37.3 Å². The summed E-state index contributed by atoms with van der Waals surface area (Å²) in [7, 11) is 2.95. The van der Waals surface area contributed by atoms with Gasteiger partial charge < -0.3 is 25.4 Å². The summed E-state index contributed by atoms with van der Waals surface area (Å²) in [5.74, 6) is -1.77. The number of urea groups is 1. The van der Waals surface area contributed by atoms with Gasteiger partial charge in [-0.2, -0.15) is 0 Å². The monoisotopic (exact) mass is 403 g/mol. The molecule has 9 heteroatoms. The lowest BCUT2D eigenvalue weighted by molar-refractivity contribution is -0.113. The zero-order valence-corrected chi connectivity index (χ0v) is 15.9. The van der Waals surface area contributed by atoms with Crippen molar-refractivity contribution in [1.29, 1.82) is 0 Å². The number of allylic oxidation sites excluding steroid dienone is 1. The summed E-state index contributed by atoms with van der Waals surface area (Å²) < 4.78 is 37.2. The number of benzene rings is 2. The first-order chi connectivity index (χ1) is 13.8. The lowest BCUT2D eigenvalue weighted by atomic mass is 9.93. The Balaban J connectivity index is 2.02. The average molecular weight is 403 g/mol. The standard InChI is InChI=1S/C20H19F2N3O4/c1-10-17(19(26)24-11-4-6-14(21)15(22)8-11)18(25-20(27)23-10)13-9-12(28-2)5-7-16(13)29-3/h4-9,18H,1-3H3,(H,24,26)(H2,23,25,27)/t18-/m1/s1. The number of rotatable bonds is 5. The fourth-order valence-electron chi connectivity index (χ4n) is 3.07. The van der Waals surface area contributed by atoms with Crippen LogP contribution < -0.4 is 25.4 Å². The molecule has 0 spiro atoms. The summed E-state index contributed by atoms with van der Waals surface area (Å²) in [6, 6.07) is 6.65. The molecule has 3 rings (SSSR count). The molecule has 0 bridgehead atoms. The van der Waals surface area contributed by atoms with Gasteiger partial charge in [0, 0.05) is 23.0 Å². The van der Waals surface area contributed by atoms with Gasteiger partial charge in [0.15, 0.2) is 11.6 Å². The van der Waals surface area contributed by atoms with Gasteiger partial charge >= 0.3 is 6.03 Å². The summed E-state index contributed by atoms with van der Waals surface area (Å²) >= 11 is 0. The highest BCUT2D eigenvalue weighted by Crippen LogP contribution is 2.36. The molecule has 0 aromatic heterocycles. The van der Waals surface area contributed by atoms with Gasteiger partial charge in [-0.3, -0.25) is 4.79 Å². The number of methoxy groups -OCH3 is 2. The molecule has 7 nitrogen and oxygen atoms in total. The minimum atomic E-state index is -1.09. The van der Waals surface area contributed by atoms with Crippen molar-refractivity contribution in [2.24, 2.45) is 0 Å². The van der Waals surface area contributed by atoms with E-state index in [0.717, 1.165) is 12.1 Å². The Kier molecular flexibility index (Phi) is 5.67. The Morgan fingerprint density at radius 1 is 1.07 bits per heavy atom. The van der Waals surface area contributed by atoms with Crippen LogP contribution in [-0.2, 0) is 4.79 Å². The predicted molar refractivity (Wildman–Crippen MR) is 102 cm³/mol. The van der Waals surface area contributed by atoms with Crippen LogP contribution in [0, 0.1) is 11.6 Å². The second-order valence-corrected chi connectivity index (χ2v) is 6.26. The van der Waals surface area contributed by atoms with Crippen LogP contribution in [0.1, 0.15) is 18.5 Å². The van der Waals surface area contributed by atoms with Gasteiger partial charge in [0.25, 0.3) is 5.91 Å². The number of halogens is 2. The first-order valence-corrected chi connectivity index (χ1v) is 8.60. The van der Waals surface area contributed by atoms with Crippen LogP contribution in [-0.4, -0.2) is 26.2 Å². The molecular weight excluding hydrogens is 384 g/mol. The topological polar surface area (TPSA) is 88.7 Å². The van der Waals surface area contributed by atoms with Gasteiger partial charge in [-0.25, -0.2) is 13.6 Å². The summed E-state index contributed by atoms with van der Waals surface area (Å²) in [5.41, 5.74) is 1.06. The van der Waals surface area contributed by atoms with Crippen molar-refractivity contribution in [3.8, 4) is 11.5 Å². The second kappa shape index (κ2) is 8.17. The van der Waals surface area contributed by atoms with Crippen molar-refractivity contribution in [2.45, 2.75) is 13.0 Å². The first-order valence-electron chi connectivity index (χ1n) is 8.60. The van der Waals surface area contributed by atoms with Gasteiger partial charge in [0.05, 0.1) is 25.8 Å². The fraction of sp³-hybridized carbons (Fsp3) is 0.200. The Hall–Kier alpha value is -3.62. The van der Waals surface area contributed by atoms with Gasteiger partial charge in [-0.1, -0.05) is 0 Å². The highest BCUT2D eigenvalue weighted by molar-refractivity contribution is 6.06. The van der Waals surface area contributed by atoms with E-state index in [4.69, 9.17) is 9.47 Å². The highest BCUT2D eigenvalue weighted by atomic mass is 19.2. The van der Waals surface area contributed by atoms with E-state index >= 15 is 0 Å². The summed E-state index contributed by atoms with van der Waals surface area (Å²) in [6.07, 6.45) is 0. The Bertz CT molecular complexity index is 1010. The maximum Gasteiger partial charge on any atom is 0.319 e. The van der Waals surface area contributed by atoms with Gasteiger partial charge in [-0.15, -0.1) is 0 Å². The predicted octanol–water partition coefficient (Wildman–Crippen LogP) is 3.25. The van der Waals surface area contributed by atoms with E-state index < -0.39 is 29.6 Å². The molecule has 2 aromatic carbocycles. The molecule has 1 atom stereocenters. The van der Waals surface area contributed by atoms with E-state index in [1.54, 1.807) is 25.1 Å². The van der Waals surface area contributed by atoms with Crippen molar-refractivity contribution >= 4 is 17.6 Å². The van der Waals surface area contributed by atoms with Crippen LogP contribution in [0.25, 0.3) is 0 Å². The molecule has 0 aliphatic carbocycles.